The molecule has 0 amide bonds. The molecule has 96 valence electrons. The first-order valence-electron chi connectivity index (χ1n) is 5.81. The number of hydrogen-bond donors (Lipinski definition) is 1. The number of nitrogen functional groups attached to an aromatic ring is 1. The van der Waals surface area contributed by atoms with Gasteiger partial charge in [-0.3, -0.25) is 4.98 Å². The van der Waals surface area contributed by atoms with Gasteiger partial charge >= 0.3 is 0 Å². The van der Waals surface area contributed by atoms with E-state index >= 15 is 0 Å². The van der Waals surface area contributed by atoms with Crippen molar-refractivity contribution in [3.8, 4) is 17.7 Å². The Morgan fingerprint density at radius 2 is 1.95 bits per heavy atom. The van der Waals surface area contributed by atoms with Gasteiger partial charge in [-0.05, 0) is 24.3 Å². The molecule has 0 aliphatic heterocycles. The number of nitrogens with two attached hydrogens (primary N) is 1. The van der Waals surface area contributed by atoms with Crippen molar-refractivity contribution in [3.05, 3.63) is 48.3 Å². The lowest BCUT2D eigenvalue weighted by atomic mass is 10.2. The maximum atomic E-state index is 8.79. The molecule has 0 atom stereocenters. The van der Waals surface area contributed by atoms with Gasteiger partial charge < -0.3 is 10.5 Å². The molecule has 0 radical (unpaired) electrons. The van der Waals surface area contributed by atoms with E-state index < -0.39 is 0 Å². The molecule has 2 aromatic heterocycles. The Morgan fingerprint density at radius 3 is 2.75 bits per heavy atom. The molecule has 0 fully saturated rings. The normalized spacial score (nSPS) is 10.2. The van der Waals surface area contributed by atoms with Gasteiger partial charge in [-0.1, -0.05) is 0 Å². The molecular weight excluding hydrogens is 254 g/mol. The zero-order valence-electron chi connectivity index (χ0n) is 10.3. The van der Waals surface area contributed by atoms with Crippen LogP contribution in [0.15, 0.2) is 42.7 Å². The fourth-order valence-electron chi connectivity index (χ4n) is 1.72. The molecule has 0 bridgehead atoms. The second kappa shape index (κ2) is 4.82. The lowest BCUT2D eigenvalue weighted by Crippen LogP contribution is -1.95. The Morgan fingerprint density at radius 1 is 1.10 bits per heavy atom. The molecule has 0 aliphatic carbocycles. The highest BCUT2D eigenvalue weighted by atomic mass is 16.5. The highest BCUT2D eigenvalue weighted by Gasteiger charge is 2.06. The minimum Gasteiger partial charge on any atom is -0.437 e. The van der Waals surface area contributed by atoms with Gasteiger partial charge in [0, 0.05) is 18.5 Å². The smallest absolute Gasteiger partial charge is 0.221 e. The number of ether oxygens (including phenoxy) is 1. The standard InChI is InChI=1S/C14H9N5O/c15-8-9-1-3-12(10(16)7-9)20-13-4-2-11-14(19-13)18-6-5-17-11/h1-7H,16H2. The van der Waals surface area contributed by atoms with Gasteiger partial charge in [-0.15, -0.1) is 0 Å². The minimum atomic E-state index is 0.370. The Hall–Kier alpha value is -3.20. The second-order valence-electron chi connectivity index (χ2n) is 4.02. The van der Waals surface area contributed by atoms with E-state index in [2.05, 4.69) is 15.0 Å². The molecule has 3 rings (SSSR count). The largest absolute Gasteiger partial charge is 0.437 e. The number of rotatable bonds is 2. The highest BCUT2D eigenvalue weighted by Crippen LogP contribution is 2.27. The maximum Gasteiger partial charge on any atom is 0.221 e. The first-order chi connectivity index (χ1) is 9.76. The molecule has 3 aromatic rings. The Bertz CT molecular complexity index is 825. The molecule has 2 heterocycles. The van der Waals surface area contributed by atoms with E-state index in [9.17, 15) is 0 Å². The Balaban J connectivity index is 1.95. The van der Waals surface area contributed by atoms with Crippen molar-refractivity contribution in [2.45, 2.75) is 0 Å². The number of hydrogen-bond acceptors (Lipinski definition) is 6. The summed E-state index contributed by atoms with van der Waals surface area (Å²) in [5.41, 5.74) is 7.87. The molecule has 0 spiro atoms. The first kappa shape index (κ1) is 11.9. The summed E-state index contributed by atoms with van der Waals surface area (Å²) in [6.07, 6.45) is 3.17. The van der Waals surface area contributed by atoms with E-state index in [1.165, 1.54) is 0 Å². The van der Waals surface area contributed by atoms with Crippen LogP contribution in [-0.2, 0) is 0 Å². The summed E-state index contributed by atoms with van der Waals surface area (Å²) in [5.74, 6) is 0.814. The van der Waals surface area contributed by atoms with Crippen LogP contribution in [0.3, 0.4) is 0 Å². The minimum absolute atomic E-state index is 0.370. The number of fused-ring (bicyclic) bond motifs is 1. The summed E-state index contributed by atoms with van der Waals surface area (Å²) in [6, 6.07) is 10.3. The van der Waals surface area contributed by atoms with E-state index in [0.717, 1.165) is 0 Å². The predicted molar refractivity (Wildman–Crippen MR) is 73.0 cm³/mol. The van der Waals surface area contributed by atoms with Gasteiger partial charge in [0.15, 0.2) is 11.4 Å². The summed E-state index contributed by atoms with van der Waals surface area (Å²) < 4.78 is 5.60. The van der Waals surface area contributed by atoms with Crippen molar-refractivity contribution in [2.75, 3.05) is 5.73 Å². The molecule has 20 heavy (non-hydrogen) atoms. The lowest BCUT2D eigenvalue weighted by Gasteiger charge is -2.07. The third kappa shape index (κ3) is 2.20. The predicted octanol–water partition coefficient (Wildman–Crippen LogP) is 2.27. The fourth-order valence-corrected chi connectivity index (χ4v) is 1.72. The number of aromatic nitrogens is 3. The van der Waals surface area contributed by atoms with E-state index in [1.807, 2.05) is 6.07 Å². The summed E-state index contributed by atoms with van der Waals surface area (Å²) >= 11 is 0. The van der Waals surface area contributed by atoms with Gasteiger partial charge in [0.1, 0.15) is 5.52 Å². The fraction of sp³-hybridized carbons (Fsp3) is 0. The zero-order valence-corrected chi connectivity index (χ0v) is 10.3. The zero-order chi connectivity index (χ0) is 13.9. The molecule has 1 aromatic carbocycles. The number of nitriles is 1. The summed E-state index contributed by atoms with van der Waals surface area (Å²) in [7, 11) is 0. The number of benzene rings is 1. The molecule has 0 unspecified atom stereocenters. The second-order valence-corrected chi connectivity index (χ2v) is 4.02. The molecule has 2 N–H and O–H groups in total. The summed E-state index contributed by atoms with van der Waals surface area (Å²) in [6.45, 7) is 0. The van der Waals surface area contributed by atoms with Crippen LogP contribution in [-0.4, -0.2) is 15.0 Å². The lowest BCUT2D eigenvalue weighted by molar-refractivity contribution is 0.467. The molecule has 6 nitrogen and oxygen atoms in total. The van der Waals surface area contributed by atoms with Gasteiger partial charge in [0.05, 0.1) is 17.3 Å². The maximum absolute atomic E-state index is 8.79. The van der Waals surface area contributed by atoms with Crippen LogP contribution in [0.25, 0.3) is 11.2 Å². The quantitative estimate of drug-likeness (QED) is 0.712. The van der Waals surface area contributed by atoms with Gasteiger partial charge in [0.2, 0.25) is 5.88 Å². The molecule has 0 saturated carbocycles. The Labute approximate surface area is 114 Å². The summed E-state index contributed by atoms with van der Waals surface area (Å²) in [5, 5.41) is 8.79. The van der Waals surface area contributed by atoms with Crippen molar-refractivity contribution < 1.29 is 4.74 Å². The van der Waals surface area contributed by atoms with Gasteiger partial charge in [-0.25, -0.2) is 4.98 Å². The van der Waals surface area contributed by atoms with E-state index in [0.29, 0.717) is 34.0 Å². The molecule has 6 heteroatoms. The van der Waals surface area contributed by atoms with Gasteiger partial charge in [0.25, 0.3) is 0 Å². The molecular formula is C14H9N5O. The average Bonchev–Trinajstić information content (AvgIpc) is 2.49. The summed E-state index contributed by atoms with van der Waals surface area (Å²) in [4.78, 5) is 12.5. The van der Waals surface area contributed by atoms with Crippen molar-refractivity contribution in [1.29, 1.82) is 5.26 Å². The highest BCUT2D eigenvalue weighted by molar-refractivity contribution is 5.69. The third-order valence-corrected chi connectivity index (χ3v) is 2.66. The van der Waals surface area contributed by atoms with E-state index in [-0.39, 0.29) is 0 Å². The Kier molecular flexibility index (Phi) is 2.86. The van der Waals surface area contributed by atoms with Crippen LogP contribution in [0.4, 0.5) is 5.69 Å². The van der Waals surface area contributed by atoms with Gasteiger partial charge in [-0.2, -0.15) is 10.2 Å². The molecule has 0 aliphatic rings. The number of pyridine rings is 1. The van der Waals surface area contributed by atoms with Crippen LogP contribution in [0.1, 0.15) is 5.56 Å². The van der Waals surface area contributed by atoms with E-state index in [1.54, 1.807) is 42.7 Å². The molecule has 0 saturated heterocycles. The monoisotopic (exact) mass is 263 g/mol. The van der Waals surface area contributed by atoms with E-state index in [4.69, 9.17) is 15.7 Å². The van der Waals surface area contributed by atoms with Crippen molar-refractivity contribution in [3.63, 3.8) is 0 Å². The van der Waals surface area contributed by atoms with Crippen LogP contribution in [0.2, 0.25) is 0 Å². The van der Waals surface area contributed by atoms with Crippen LogP contribution < -0.4 is 10.5 Å². The SMILES string of the molecule is N#Cc1ccc(Oc2ccc3nccnc3n2)c(N)c1. The third-order valence-electron chi connectivity index (χ3n) is 2.66. The first-order valence-corrected chi connectivity index (χ1v) is 5.81. The van der Waals surface area contributed by atoms with Crippen molar-refractivity contribution in [2.24, 2.45) is 0 Å². The van der Waals surface area contributed by atoms with Crippen LogP contribution >= 0.6 is 0 Å². The van der Waals surface area contributed by atoms with Crippen LogP contribution in [0.5, 0.6) is 11.6 Å². The van der Waals surface area contributed by atoms with Crippen molar-refractivity contribution >= 4 is 16.9 Å². The topological polar surface area (TPSA) is 97.7 Å². The number of anilines is 1. The van der Waals surface area contributed by atoms with Crippen LogP contribution in [0, 0.1) is 11.3 Å². The average molecular weight is 263 g/mol. The van der Waals surface area contributed by atoms with Crippen molar-refractivity contribution in [1.82, 2.24) is 15.0 Å². The number of nitrogens with zero attached hydrogens (tertiary/aromatic N) is 4.